The summed E-state index contributed by atoms with van der Waals surface area (Å²) in [6.45, 7) is 0.372. The van der Waals surface area contributed by atoms with Crippen LogP contribution in [0.3, 0.4) is 0 Å². The molecule has 0 unspecified atom stereocenters. The van der Waals surface area contributed by atoms with Gasteiger partial charge in [-0.2, -0.15) is 0 Å². The predicted octanol–water partition coefficient (Wildman–Crippen LogP) is 2.79. The first-order chi connectivity index (χ1) is 9.08. The third kappa shape index (κ3) is 3.15. The van der Waals surface area contributed by atoms with Crippen LogP contribution in [0.4, 0.5) is 14.6 Å². The van der Waals surface area contributed by atoms with Gasteiger partial charge in [0.15, 0.2) is 0 Å². The van der Waals surface area contributed by atoms with Gasteiger partial charge >= 0.3 is 5.97 Å². The number of hydrogen-bond acceptors (Lipinski definition) is 3. The van der Waals surface area contributed by atoms with Gasteiger partial charge < -0.3 is 10.4 Å². The van der Waals surface area contributed by atoms with Crippen LogP contribution in [0.5, 0.6) is 0 Å². The molecule has 0 aliphatic heterocycles. The fourth-order valence-electron chi connectivity index (χ4n) is 1.79. The number of anilines is 1. The summed E-state index contributed by atoms with van der Waals surface area (Å²) < 4.78 is 26.7. The lowest BCUT2D eigenvalue weighted by atomic mass is 10.1. The van der Waals surface area contributed by atoms with Gasteiger partial charge in [-0.1, -0.05) is 0 Å². The van der Waals surface area contributed by atoms with E-state index in [1.165, 1.54) is 18.3 Å². The van der Waals surface area contributed by atoms with Crippen molar-refractivity contribution in [2.24, 2.45) is 0 Å². The molecule has 0 saturated heterocycles. The van der Waals surface area contributed by atoms with Crippen LogP contribution < -0.4 is 5.32 Å². The zero-order valence-corrected chi connectivity index (χ0v) is 9.99. The van der Waals surface area contributed by atoms with Crippen LogP contribution >= 0.6 is 0 Å². The molecule has 19 heavy (non-hydrogen) atoms. The van der Waals surface area contributed by atoms with Crippen molar-refractivity contribution in [1.82, 2.24) is 4.98 Å². The van der Waals surface area contributed by atoms with Crippen molar-refractivity contribution >= 4 is 22.6 Å². The molecular formula is C13H12F2N2O2. The van der Waals surface area contributed by atoms with Crippen molar-refractivity contribution in [2.45, 2.75) is 12.8 Å². The number of carbonyl (C=O) groups is 1. The Morgan fingerprint density at radius 1 is 1.32 bits per heavy atom. The van der Waals surface area contributed by atoms with Gasteiger partial charge in [0.05, 0.1) is 0 Å². The van der Waals surface area contributed by atoms with Crippen molar-refractivity contribution in [2.75, 3.05) is 11.9 Å². The van der Waals surface area contributed by atoms with Crippen molar-refractivity contribution in [3.8, 4) is 0 Å². The molecule has 0 aliphatic carbocycles. The molecule has 0 aliphatic rings. The van der Waals surface area contributed by atoms with Crippen molar-refractivity contribution in [3.05, 3.63) is 36.0 Å². The van der Waals surface area contributed by atoms with E-state index in [1.807, 2.05) is 0 Å². The number of nitrogens with zero attached hydrogens (tertiary/aromatic N) is 1. The Labute approximate surface area is 108 Å². The minimum absolute atomic E-state index is 0.0283. The van der Waals surface area contributed by atoms with E-state index in [0.29, 0.717) is 24.2 Å². The van der Waals surface area contributed by atoms with Crippen molar-refractivity contribution < 1.29 is 18.7 Å². The van der Waals surface area contributed by atoms with Gasteiger partial charge in [-0.25, -0.2) is 13.8 Å². The van der Waals surface area contributed by atoms with Crippen LogP contribution in [-0.4, -0.2) is 22.6 Å². The number of rotatable bonds is 5. The number of carboxylic acid groups (broad SMARTS) is 1. The van der Waals surface area contributed by atoms with Gasteiger partial charge in [-0.3, -0.25) is 4.79 Å². The topological polar surface area (TPSA) is 62.2 Å². The average molecular weight is 266 g/mol. The highest BCUT2D eigenvalue weighted by atomic mass is 19.1. The molecule has 1 aromatic heterocycles. The summed E-state index contributed by atoms with van der Waals surface area (Å²) in [5, 5.41) is 12.0. The lowest BCUT2D eigenvalue weighted by Gasteiger charge is -2.08. The molecule has 0 saturated carbocycles. The molecule has 2 N–H and O–H groups in total. The lowest BCUT2D eigenvalue weighted by Crippen LogP contribution is -2.06. The summed E-state index contributed by atoms with van der Waals surface area (Å²) in [6, 6.07) is 3.48. The third-order valence-corrected chi connectivity index (χ3v) is 2.65. The average Bonchev–Trinajstić information content (AvgIpc) is 2.34. The molecule has 100 valence electrons. The Bertz CT molecular complexity index is 617. The summed E-state index contributed by atoms with van der Waals surface area (Å²) in [4.78, 5) is 14.4. The van der Waals surface area contributed by atoms with E-state index in [9.17, 15) is 13.6 Å². The van der Waals surface area contributed by atoms with Gasteiger partial charge in [-0.15, -0.1) is 0 Å². The molecule has 0 radical (unpaired) electrons. The molecule has 6 heteroatoms. The highest BCUT2D eigenvalue weighted by Gasteiger charge is 2.08. The maximum atomic E-state index is 13.5. The second kappa shape index (κ2) is 5.60. The van der Waals surface area contributed by atoms with Gasteiger partial charge in [0, 0.05) is 36.0 Å². The van der Waals surface area contributed by atoms with Crippen LogP contribution in [0.15, 0.2) is 24.4 Å². The van der Waals surface area contributed by atoms with E-state index < -0.39 is 17.6 Å². The second-order valence-corrected chi connectivity index (χ2v) is 4.07. The van der Waals surface area contributed by atoms with E-state index in [-0.39, 0.29) is 11.8 Å². The van der Waals surface area contributed by atoms with E-state index in [4.69, 9.17) is 5.11 Å². The van der Waals surface area contributed by atoms with E-state index in [1.54, 1.807) is 0 Å². The first-order valence-corrected chi connectivity index (χ1v) is 5.77. The van der Waals surface area contributed by atoms with Crippen molar-refractivity contribution in [1.29, 1.82) is 0 Å². The van der Waals surface area contributed by atoms with Gasteiger partial charge in [0.2, 0.25) is 0 Å². The summed E-state index contributed by atoms with van der Waals surface area (Å²) in [5.41, 5.74) is 0. The fourth-order valence-corrected chi connectivity index (χ4v) is 1.79. The molecule has 4 nitrogen and oxygen atoms in total. The number of aliphatic carboxylic acids is 1. The molecule has 0 atom stereocenters. The molecule has 1 heterocycles. The molecule has 0 bridgehead atoms. The zero-order valence-electron chi connectivity index (χ0n) is 9.99. The van der Waals surface area contributed by atoms with E-state index >= 15 is 0 Å². The predicted molar refractivity (Wildman–Crippen MR) is 67.0 cm³/mol. The van der Waals surface area contributed by atoms with Crippen LogP contribution in [0.2, 0.25) is 0 Å². The highest BCUT2D eigenvalue weighted by Crippen LogP contribution is 2.24. The zero-order chi connectivity index (χ0) is 13.8. The Balaban J connectivity index is 2.21. The monoisotopic (exact) mass is 266 g/mol. The first-order valence-electron chi connectivity index (χ1n) is 5.77. The molecule has 0 fully saturated rings. The van der Waals surface area contributed by atoms with Gasteiger partial charge in [-0.05, 0) is 18.6 Å². The molecule has 0 spiro atoms. The number of fused-ring (bicyclic) bond motifs is 1. The van der Waals surface area contributed by atoms with Crippen LogP contribution in [0, 0.1) is 11.6 Å². The second-order valence-electron chi connectivity index (χ2n) is 4.07. The number of nitrogens with one attached hydrogen (secondary N) is 1. The standard InChI is InChI=1S/C13H12F2N2O2/c14-8-6-10-9(11(15)7-8)3-5-17-13(10)16-4-1-2-12(18)19/h3,5-7H,1-2,4H2,(H,16,17)(H,18,19). The molecule has 2 aromatic rings. The number of pyridine rings is 1. The number of aromatic nitrogens is 1. The largest absolute Gasteiger partial charge is 0.481 e. The van der Waals surface area contributed by atoms with Gasteiger partial charge in [0.25, 0.3) is 0 Å². The number of benzene rings is 1. The number of hydrogen-bond donors (Lipinski definition) is 2. The Morgan fingerprint density at radius 3 is 2.84 bits per heavy atom. The molecule has 1 aromatic carbocycles. The molecule has 2 rings (SSSR count). The van der Waals surface area contributed by atoms with Crippen molar-refractivity contribution in [3.63, 3.8) is 0 Å². The molecular weight excluding hydrogens is 254 g/mol. The van der Waals surface area contributed by atoms with Crippen LogP contribution in [0.1, 0.15) is 12.8 Å². The maximum Gasteiger partial charge on any atom is 0.303 e. The minimum atomic E-state index is -0.884. The van der Waals surface area contributed by atoms with E-state index in [0.717, 1.165) is 6.07 Å². The molecule has 0 amide bonds. The Hall–Kier alpha value is -2.24. The Kier molecular flexibility index (Phi) is 3.89. The summed E-state index contributed by atoms with van der Waals surface area (Å²) >= 11 is 0. The summed E-state index contributed by atoms with van der Waals surface area (Å²) in [6.07, 6.45) is 1.86. The SMILES string of the molecule is O=C(O)CCCNc1nccc2c(F)cc(F)cc12. The quantitative estimate of drug-likeness (QED) is 0.817. The minimum Gasteiger partial charge on any atom is -0.481 e. The third-order valence-electron chi connectivity index (χ3n) is 2.65. The van der Waals surface area contributed by atoms with E-state index in [2.05, 4.69) is 10.3 Å². The summed E-state index contributed by atoms with van der Waals surface area (Å²) in [7, 11) is 0. The van der Waals surface area contributed by atoms with Crippen LogP contribution in [-0.2, 0) is 4.79 Å². The van der Waals surface area contributed by atoms with Crippen LogP contribution in [0.25, 0.3) is 10.8 Å². The highest BCUT2D eigenvalue weighted by molar-refractivity contribution is 5.92. The normalized spacial score (nSPS) is 10.6. The number of carboxylic acids is 1. The van der Waals surface area contributed by atoms with Gasteiger partial charge in [0.1, 0.15) is 17.5 Å². The number of halogens is 2. The fraction of sp³-hybridized carbons (Fsp3) is 0.231. The lowest BCUT2D eigenvalue weighted by molar-refractivity contribution is -0.137. The maximum absolute atomic E-state index is 13.5. The summed E-state index contributed by atoms with van der Waals surface area (Å²) in [5.74, 6) is -1.86. The Morgan fingerprint density at radius 2 is 2.11 bits per heavy atom. The smallest absolute Gasteiger partial charge is 0.303 e. The first kappa shape index (κ1) is 13.2.